The molecule has 2 heterocycles. The van der Waals surface area contributed by atoms with Gasteiger partial charge in [-0.2, -0.15) is 0 Å². The van der Waals surface area contributed by atoms with Gasteiger partial charge >= 0.3 is 0 Å². The molecule has 0 unspecified atom stereocenters. The highest BCUT2D eigenvalue weighted by atomic mass is 32.2. The van der Waals surface area contributed by atoms with Crippen LogP contribution >= 0.6 is 11.8 Å². The van der Waals surface area contributed by atoms with Crippen LogP contribution < -0.4 is 0 Å². The fraction of sp³-hybridized carbons (Fsp3) is 0.421. The van der Waals surface area contributed by atoms with Crippen LogP contribution in [-0.2, 0) is 9.59 Å². The summed E-state index contributed by atoms with van der Waals surface area (Å²) in [5.74, 6) is -1.26. The lowest BCUT2D eigenvalue weighted by molar-refractivity contribution is -0.139. The molecule has 0 bridgehead atoms. The fourth-order valence-corrected chi connectivity index (χ4v) is 4.23. The molecule has 2 saturated heterocycles. The fourth-order valence-electron chi connectivity index (χ4n) is 3.39. The topological polar surface area (TPSA) is 77.9 Å². The molecular formula is C19H21FN2O4S. The Morgan fingerprint density at radius 1 is 1.33 bits per heavy atom. The number of piperidine rings is 1. The summed E-state index contributed by atoms with van der Waals surface area (Å²) >= 11 is 0.748. The van der Waals surface area contributed by atoms with E-state index in [1.165, 1.54) is 24.3 Å². The molecule has 0 aliphatic carbocycles. The predicted molar refractivity (Wildman–Crippen MR) is 100 cm³/mol. The molecule has 1 aromatic carbocycles. The summed E-state index contributed by atoms with van der Waals surface area (Å²) in [6.07, 6.45) is 4.62. The number of thioether (sulfide) groups is 1. The second-order valence-electron chi connectivity index (χ2n) is 6.57. The zero-order valence-electron chi connectivity index (χ0n) is 14.8. The van der Waals surface area contributed by atoms with Crippen molar-refractivity contribution in [2.45, 2.75) is 31.7 Å². The second kappa shape index (κ2) is 8.67. The van der Waals surface area contributed by atoms with Crippen molar-refractivity contribution >= 4 is 34.9 Å². The molecule has 0 saturated carbocycles. The number of amides is 3. The van der Waals surface area contributed by atoms with Crippen LogP contribution in [0.5, 0.6) is 0 Å². The van der Waals surface area contributed by atoms with Crippen molar-refractivity contribution in [3.8, 4) is 0 Å². The summed E-state index contributed by atoms with van der Waals surface area (Å²) < 4.78 is 13.3. The van der Waals surface area contributed by atoms with Crippen molar-refractivity contribution in [3.63, 3.8) is 0 Å². The zero-order chi connectivity index (χ0) is 19.4. The minimum Gasteiger partial charge on any atom is -0.396 e. The van der Waals surface area contributed by atoms with Crippen molar-refractivity contribution < 1.29 is 23.9 Å². The van der Waals surface area contributed by atoms with Crippen LogP contribution in [0.25, 0.3) is 6.08 Å². The molecular weight excluding hydrogens is 371 g/mol. The highest BCUT2D eigenvalue weighted by Gasteiger charge is 2.38. The van der Waals surface area contributed by atoms with Crippen molar-refractivity contribution in [1.29, 1.82) is 0 Å². The molecule has 0 aromatic heterocycles. The molecule has 0 spiro atoms. The van der Waals surface area contributed by atoms with Gasteiger partial charge in [0.2, 0.25) is 5.91 Å². The molecule has 144 valence electrons. The van der Waals surface area contributed by atoms with Crippen LogP contribution in [0.15, 0.2) is 29.2 Å². The third kappa shape index (κ3) is 4.56. The van der Waals surface area contributed by atoms with Gasteiger partial charge in [-0.15, -0.1) is 0 Å². The number of likely N-dealkylation sites (tertiary alicyclic amines) is 1. The predicted octanol–water partition coefficient (Wildman–Crippen LogP) is 2.63. The Labute approximate surface area is 161 Å². The van der Waals surface area contributed by atoms with E-state index in [1.807, 2.05) is 0 Å². The van der Waals surface area contributed by atoms with Crippen LogP contribution in [0, 0.1) is 5.82 Å². The zero-order valence-corrected chi connectivity index (χ0v) is 15.6. The molecule has 0 radical (unpaired) electrons. The minimum atomic E-state index is -0.543. The monoisotopic (exact) mass is 392 g/mol. The smallest absolute Gasteiger partial charge is 0.294 e. The average Bonchev–Trinajstić information content (AvgIpc) is 2.90. The van der Waals surface area contributed by atoms with E-state index in [0.717, 1.165) is 35.9 Å². The Morgan fingerprint density at radius 3 is 2.89 bits per heavy atom. The first-order valence-corrected chi connectivity index (χ1v) is 9.72. The van der Waals surface area contributed by atoms with Crippen LogP contribution in [0.2, 0.25) is 0 Å². The number of benzene rings is 1. The second-order valence-corrected chi connectivity index (χ2v) is 7.57. The van der Waals surface area contributed by atoms with Gasteiger partial charge in [-0.1, -0.05) is 12.1 Å². The Balaban J connectivity index is 1.70. The molecule has 1 atom stereocenters. The maximum absolute atomic E-state index is 13.3. The molecule has 8 heteroatoms. The van der Waals surface area contributed by atoms with Crippen LogP contribution in [0.1, 0.15) is 31.2 Å². The summed E-state index contributed by atoms with van der Waals surface area (Å²) in [6, 6.07) is 5.66. The van der Waals surface area contributed by atoms with E-state index < -0.39 is 17.0 Å². The highest BCUT2D eigenvalue weighted by Crippen LogP contribution is 2.32. The van der Waals surface area contributed by atoms with Gasteiger partial charge in [0.25, 0.3) is 11.1 Å². The van der Waals surface area contributed by atoms with Crippen LogP contribution in [-0.4, -0.2) is 57.7 Å². The maximum Gasteiger partial charge on any atom is 0.294 e. The molecule has 1 N–H and O–H groups in total. The van der Waals surface area contributed by atoms with Crippen LogP contribution in [0.3, 0.4) is 0 Å². The number of aliphatic hydroxyl groups excluding tert-OH is 1. The summed E-state index contributed by atoms with van der Waals surface area (Å²) in [4.78, 5) is 40.2. The number of carbonyl (C=O) groups is 3. The first kappa shape index (κ1) is 19.6. The maximum atomic E-state index is 13.3. The Kier molecular flexibility index (Phi) is 6.28. The number of halogens is 1. The molecule has 3 amide bonds. The van der Waals surface area contributed by atoms with Crippen molar-refractivity contribution in [1.82, 2.24) is 9.80 Å². The number of hydrogen-bond donors (Lipinski definition) is 1. The third-order valence-corrected chi connectivity index (χ3v) is 5.63. The number of nitrogens with zero attached hydrogens (tertiary/aromatic N) is 2. The molecule has 6 nitrogen and oxygen atoms in total. The highest BCUT2D eigenvalue weighted by molar-refractivity contribution is 8.18. The van der Waals surface area contributed by atoms with Gasteiger partial charge in [-0.25, -0.2) is 4.39 Å². The van der Waals surface area contributed by atoms with Gasteiger partial charge in [0.15, 0.2) is 0 Å². The van der Waals surface area contributed by atoms with Gasteiger partial charge in [0.1, 0.15) is 12.4 Å². The van der Waals surface area contributed by atoms with E-state index in [-0.39, 0.29) is 30.0 Å². The van der Waals surface area contributed by atoms with Gasteiger partial charge in [-0.3, -0.25) is 19.3 Å². The van der Waals surface area contributed by atoms with Crippen molar-refractivity contribution in [2.75, 3.05) is 19.7 Å². The summed E-state index contributed by atoms with van der Waals surface area (Å²) in [5.41, 5.74) is 0.478. The van der Waals surface area contributed by atoms with Gasteiger partial charge in [-0.05, 0) is 61.2 Å². The SMILES string of the molecule is O=C1S/C(=C\c2cccc(F)c2)C(=O)N1CC(=O)N1CCCC[C@H]1CCO. The number of carbonyl (C=O) groups excluding carboxylic acids is 3. The lowest BCUT2D eigenvalue weighted by Gasteiger charge is -2.36. The Morgan fingerprint density at radius 2 is 2.15 bits per heavy atom. The molecule has 2 aliphatic heterocycles. The quantitative estimate of drug-likeness (QED) is 0.780. The van der Waals surface area contributed by atoms with Crippen molar-refractivity contribution in [3.05, 3.63) is 40.6 Å². The van der Waals surface area contributed by atoms with Crippen LogP contribution in [0.4, 0.5) is 9.18 Å². The number of imide groups is 1. The van der Waals surface area contributed by atoms with E-state index >= 15 is 0 Å². The van der Waals surface area contributed by atoms with Crippen molar-refractivity contribution in [2.24, 2.45) is 0 Å². The third-order valence-electron chi connectivity index (χ3n) is 4.72. The number of aliphatic hydroxyl groups is 1. The largest absolute Gasteiger partial charge is 0.396 e. The average molecular weight is 392 g/mol. The molecule has 2 aliphatic rings. The summed E-state index contributed by atoms with van der Waals surface area (Å²) in [6.45, 7) is 0.248. The summed E-state index contributed by atoms with van der Waals surface area (Å²) in [5, 5.41) is 8.68. The molecule has 3 rings (SSSR count). The Hall–Kier alpha value is -2.19. The minimum absolute atomic E-state index is 0.00754. The number of hydrogen-bond acceptors (Lipinski definition) is 5. The van der Waals surface area contributed by atoms with E-state index in [2.05, 4.69) is 0 Å². The normalized spacial score (nSPS) is 22.0. The summed E-state index contributed by atoms with van der Waals surface area (Å²) in [7, 11) is 0. The first-order valence-electron chi connectivity index (χ1n) is 8.91. The van der Waals surface area contributed by atoms with Gasteiger partial charge in [0, 0.05) is 19.2 Å². The van der Waals surface area contributed by atoms with Gasteiger partial charge in [0.05, 0.1) is 4.91 Å². The number of rotatable bonds is 5. The van der Waals surface area contributed by atoms with E-state index in [4.69, 9.17) is 0 Å². The molecule has 27 heavy (non-hydrogen) atoms. The van der Waals surface area contributed by atoms with E-state index in [9.17, 15) is 23.9 Å². The molecule has 1 aromatic rings. The van der Waals surface area contributed by atoms with Gasteiger partial charge < -0.3 is 10.0 Å². The first-order chi connectivity index (χ1) is 13.0. The van der Waals surface area contributed by atoms with E-state index in [1.54, 1.807) is 11.0 Å². The lowest BCUT2D eigenvalue weighted by atomic mass is 9.99. The standard InChI is InChI=1S/C19H21FN2O4S/c20-14-5-3-4-13(10-14)11-16-18(25)22(19(26)27-16)12-17(24)21-8-2-1-6-15(21)7-9-23/h3-5,10-11,15,23H,1-2,6-9,12H2/b16-11-/t15-/m0/s1. The molecule has 2 fully saturated rings. The lowest BCUT2D eigenvalue weighted by Crippen LogP contribution is -2.49. The Bertz CT molecular complexity index is 781. The van der Waals surface area contributed by atoms with E-state index in [0.29, 0.717) is 18.5 Å².